The van der Waals surface area contributed by atoms with E-state index in [1.54, 1.807) is 35.0 Å². The first kappa shape index (κ1) is 70.7. The Morgan fingerprint density at radius 2 is 0.710 bits per heavy atom. The summed E-state index contributed by atoms with van der Waals surface area (Å²) < 4.78 is 143. The molecule has 13 rings (SSSR count). The van der Waals surface area contributed by atoms with Gasteiger partial charge < -0.3 is 38.2 Å². The predicted octanol–water partition coefficient (Wildman–Crippen LogP) is 7.78. The second-order valence-electron chi connectivity index (χ2n) is 21.2. The minimum absolute atomic E-state index is 0.199. The molecule has 0 amide bonds. The molecule has 17 nitrogen and oxygen atoms in total. The molecule has 4 saturated heterocycles. The average Bonchev–Trinajstić information content (AvgIpc) is 1.58. The summed E-state index contributed by atoms with van der Waals surface area (Å²) in [7, 11) is -5.39. The van der Waals surface area contributed by atoms with Crippen molar-refractivity contribution in [1.29, 1.82) is 0 Å². The number of nitrogens with zero attached hydrogens (tertiary/aromatic N) is 2. The van der Waals surface area contributed by atoms with Gasteiger partial charge in [0, 0.05) is 88.9 Å². The number of quaternary nitrogens is 3. The molecule has 0 saturated carbocycles. The van der Waals surface area contributed by atoms with Crippen LogP contribution in [-0.4, -0.2) is 34.4 Å². The van der Waals surface area contributed by atoms with Crippen LogP contribution in [0.5, 0.6) is 0 Å². The highest BCUT2D eigenvalue weighted by molar-refractivity contribution is 7.71. The number of benzene rings is 8. The van der Waals surface area contributed by atoms with Gasteiger partial charge in [0.15, 0.2) is 16.8 Å². The van der Waals surface area contributed by atoms with Crippen molar-refractivity contribution in [2.24, 2.45) is 17.5 Å². The van der Waals surface area contributed by atoms with E-state index in [-0.39, 0.29) is 28.8 Å². The van der Waals surface area contributed by atoms with Crippen LogP contribution in [-0.2, 0) is 52.5 Å². The number of halogens is 12. The molecule has 8 atom stereocenters. The quantitative estimate of drug-likeness (QED) is 0.0122. The van der Waals surface area contributed by atoms with Crippen LogP contribution in [0.15, 0.2) is 176 Å². The largest absolute Gasteiger partial charge is 0.822 e. The van der Waals surface area contributed by atoms with E-state index < -0.39 is 101 Å². The van der Waals surface area contributed by atoms with Crippen LogP contribution in [0.1, 0.15) is 68.9 Å². The van der Waals surface area contributed by atoms with Gasteiger partial charge in [-0.3, -0.25) is 26.1 Å². The topological polar surface area (TPSA) is 298 Å². The lowest BCUT2D eigenvalue weighted by atomic mass is 9.91. The van der Waals surface area contributed by atoms with Crippen molar-refractivity contribution in [3.63, 3.8) is 0 Å². The third kappa shape index (κ3) is 16.1. The zero-order valence-corrected chi connectivity index (χ0v) is 52.6. The molecule has 13 N–H and O–H groups in total. The molecule has 4 fully saturated rings. The summed E-state index contributed by atoms with van der Waals surface area (Å²) in [5.41, 5.74) is 4.59. The lowest BCUT2D eigenvalue weighted by Gasteiger charge is -2.36. The molecule has 0 aliphatic carbocycles. The maximum absolute atomic E-state index is 14.5. The van der Waals surface area contributed by atoms with Crippen molar-refractivity contribution in [1.82, 2.24) is 14.8 Å². The van der Waals surface area contributed by atoms with E-state index in [0.717, 1.165) is 46.5 Å². The van der Waals surface area contributed by atoms with Gasteiger partial charge in [-0.1, -0.05) is 125 Å². The van der Waals surface area contributed by atoms with Crippen LogP contribution in [0.4, 0.5) is 35.1 Å². The molecule has 31 heteroatoms. The minimum Gasteiger partial charge on any atom is -0.822 e. The van der Waals surface area contributed by atoms with Gasteiger partial charge in [-0.15, -0.1) is 0 Å². The second kappa shape index (κ2) is 29.6. The summed E-state index contributed by atoms with van der Waals surface area (Å²) >= 11 is 29.9. The third-order valence-corrected chi connectivity index (χ3v) is 17.1. The molecule has 0 spiro atoms. The molecule has 490 valence electrons. The number of epoxide rings is 4. The van der Waals surface area contributed by atoms with Crippen molar-refractivity contribution < 1.29 is 89.6 Å². The van der Waals surface area contributed by atoms with Crippen molar-refractivity contribution >= 4 is 66.4 Å². The average molecular weight is 1410 g/mol. The smallest absolute Gasteiger partial charge is 0.215 e. The van der Waals surface area contributed by atoms with Gasteiger partial charge in [0.1, 0.15) is 103 Å². The fourth-order valence-electron chi connectivity index (χ4n) is 11.0. The van der Waals surface area contributed by atoms with Gasteiger partial charge in [0.25, 0.3) is 0 Å². The Kier molecular flexibility index (Phi) is 22.5. The zero-order chi connectivity index (χ0) is 67.2. The van der Waals surface area contributed by atoms with Crippen LogP contribution < -0.4 is 48.5 Å². The summed E-state index contributed by atoms with van der Waals surface area (Å²) in [6, 6.07) is 42.6. The van der Waals surface area contributed by atoms with Gasteiger partial charge in [0.05, 0.1) is 6.54 Å². The maximum atomic E-state index is 14.5. The number of hydrogen-bond donors (Lipinski definition) is 7. The lowest BCUT2D eigenvalue weighted by molar-refractivity contribution is -0.674. The molecule has 0 bridgehead atoms. The second-order valence-corrected chi connectivity index (χ2v) is 24.0. The summed E-state index contributed by atoms with van der Waals surface area (Å²) in [6.07, 6.45) is -0.224. The lowest BCUT2D eigenvalue weighted by Crippen LogP contribution is -2.93. The highest BCUT2D eigenvalue weighted by Gasteiger charge is 2.65. The van der Waals surface area contributed by atoms with Crippen molar-refractivity contribution in [3.05, 3.63) is 292 Å². The number of H-pyrrole nitrogens is 1. The van der Waals surface area contributed by atoms with Gasteiger partial charge in [0.2, 0.25) is 4.77 Å². The normalized spacial score (nSPS) is 22.9. The van der Waals surface area contributed by atoms with Gasteiger partial charge in [-0.05, 0) is 78.9 Å². The highest BCUT2D eigenvalue weighted by atomic mass is 35.5. The van der Waals surface area contributed by atoms with Crippen LogP contribution in [0.2, 0.25) is 20.1 Å². The van der Waals surface area contributed by atoms with Crippen molar-refractivity contribution in [3.8, 4) is 0 Å². The summed E-state index contributed by atoms with van der Waals surface area (Å²) in [4.78, 5) is 29.6. The van der Waals surface area contributed by atoms with Crippen molar-refractivity contribution in [2.45, 2.75) is 53.4 Å². The first-order valence-electron chi connectivity index (χ1n) is 27.7. The monoisotopic (exact) mass is 1410 g/mol. The minimum atomic E-state index is -5.39. The van der Waals surface area contributed by atoms with Gasteiger partial charge in [-0.2, -0.15) is 25.4 Å². The zero-order valence-electron chi connectivity index (χ0n) is 47.9. The number of rotatable bonds is 16. The summed E-state index contributed by atoms with van der Waals surface area (Å²) in [5, 5.41) is 5.04. The fraction of sp³-hybridized carbons (Fsp3) is 0.194. The molecule has 4 aliphatic heterocycles. The maximum Gasteiger partial charge on any atom is 0.215 e. The van der Waals surface area contributed by atoms with E-state index in [4.69, 9.17) is 114 Å². The molecule has 1 aromatic heterocycles. The van der Waals surface area contributed by atoms with Crippen molar-refractivity contribution in [2.75, 3.05) is 19.6 Å². The third-order valence-electron chi connectivity index (χ3n) is 15.4. The van der Waals surface area contributed by atoms with Crippen LogP contribution in [0, 0.1) is 51.3 Å². The van der Waals surface area contributed by atoms with E-state index in [1.165, 1.54) is 71.1 Å². The van der Waals surface area contributed by atoms with E-state index in [2.05, 4.69) is 10.1 Å². The number of ether oxygens (including phenoxy) is 4. The summed E-state index contributed by atoms with van der Waals surface area (Å²) in [5.74, 6) is 11.4. The number of aromatic nitrogens is 3. The number of nitrogens with one attached hydrogen (secondary N) is 1. The molecule has 6 unspecified atom stereocenters. The van der Waals surface area contributed by atoms with Crippen LogP contribution in [0.3, 0.4) is 0 Å². The fourth-order valence-corrected chi connectivity index (χ4v) is 12.1. The van der Waals surface area contributed by atoms with E-state index in [0.29, 0.717) is 44.5 Å². The molecule has 0 radical (unpaired) electrons. The molecule has 93 heavy (non-hydrogen) atoms. The van der Waals surface area contributed by atoms with Gasteiger partial charge in [-0.25, -0.2) is 40.1 Å². The number of nitrogens with two attached hydrogens (primary N) is 6. The molecular formula is C62H54Cl4F8N9O8PS. The molecular weight excluding hydrogens is 1360 g/mol. The van der Waals surface area contributed by atoms with E-state index in [1.807, 2.05) is 66.7 Å². The Morgan fingerprint density at radius 1 is 0.462 bits per heavy atom. The first-order valence-corrected chi connectivity index (χ1v) is 31.1. The number of aromatic amines is 1. The number of phosphoric acid groups is 1. The number of hydrogen-bond acceptors (Lipinski definition) is 13. The Hall–Kier alpha value is -6.57. The predicted molar refractivity (Wildman–Crippen MR) is 321 cm³/mol. The summed E-state index contributed by atoms with van der Waals surface area (Å²) in [6.45, 7) is 1.13. The Morgan fingerprint density at radius 3 is 0.946 bits per heavy atom. The molecule has 4 aliphatic rings. The van der Waals surface area contributed by atoms with E-state index >= 15 is 0 Å². The van der Waals surface area contributed by atoms with Crippen LogP contribution in [0.25, 0.3) is 0 Å². The van der Waals surface area contributed by atoms with Gasteiger partial charge >= 0.3 is 0 Å². The SMILES string of the molecule is Fc1ccc([C@@]2(Cn3[nH]cnc3=S)O[C@@H]2c2ccccc2Cl)c(F)c1.N[NH2+]CC1(c2ccc(F)cc2F)OC1c1ccccc1Cl.N[NH2+]CC1(c2ccc(F)cc2F)OC1c1ccccc1Cl.N[NH2+]CC1(c2ccc(F)cc2F)OC1c1ccccc1Cl.O=P([O-])([O-])[O-]. The first-order chi connectivity index (χ1) is 44.3. The Labute approximate surface area is 550 Å². The molecule has 8 aromatic carbocycles. The van der Waals surface area contributed by atoms with E-state index in [9.17, 15) is 35.1 Å². The highest BCUT2D eigenvalue weighted by Crippen LogP contribution is 2.62. The van der Waals surface area contributed by atoms with Crippen LogP contribution >= 0.6 is 66.4 Å². The Bertz CT molecular complexity index is 3990. The molecule has 5 heterocycles. The standard InChI is InChI=1S/C17H12ClF2N3OS.3C15H13ClF2N2O.H3O4P/c18-13-4-2-1-3-11(13)15-17(24-15,8-23-16(25)21-9-22-23)12-6-5-10(19)7-14(12)20;3*16-12-4-2-1-3-10(12)14-15(21-14,8-20-19)11-6-5-9(17)7-13(11)18;1-5(2,3)4/h1-7,9,15H,8H2,(H,21,22,25);3*1-7,14,20H,8,19H2;(H3,1,2,3,4)/t15-,17-;;;;/m1..../s1. The molecule has 9 aromatic rings. The Balaban J connectivity index is 0.000000143.